The van der Waals surface area contributed by atoms with Crippen LogP contribution in [0.3, 0.4) is 0 Å². The third-order valence-electron chi connectivity index (χ3n) is 8.85. The molecule has 36 heavy (non-hydrogen) atoms. The predicted molar refractivity (Wildman–Crippen MR) is 141 cm³/mol. The van der Waals surface area contributed by atoms with Gasteiger partial charge in [0.2, 0.25) is 17.7 Å². The number of aliphatic hydroxyl groups is 1. The van der Waals surface area contributed by atoms with Gasteiger partial charge in [-0.15, -0.1) is 11.8 Å². The molecule has 8 heteroatoms. The third-order valence-corrected chi connectivity index (χ3v) is 10.9. The Morgan fingerprint density at radius 2 is 1.83 bits per heavy atom. The fourth-order valence-electron chi connectivity index (χ4n) is 7.21. The molecule has 0 radical (unpaired) electrons. The summed E-state index contributed by atoms with van der Waals surface area (Å²) in [6, 6.07) is 9.02. The zero-order chi connectivity index (χ0) is 25.3. The smallest absolute Gasteiger partial charge is 0.244 e. The molecule has 3 saturated heterocycles. The number of anilines is 1. The number of unbranched alkanes of at least 4 members (excludes halogenated alkanes) is 2. The normalized spacial score (nSPS) is 33.6. The van der Waals surface area contributed by atoms with Gasteiger partial charge in [0.05, 0.1) is 16.6 Å². The first kappa shape index (κ1) is 25.6. The molecule has 5 rings (SSSR count). The van der Waals surface area contributed by atoms with Gasteiger partial charge in [0.25, 0.3) is 0 Å². The number of nitrogens with one attached hydrogen (secondary N) is 2. The molecule has 0 aromatic heterocycles. The van der Waals surface area contributed by atoms with Crippen molar-refractivity contribution < 1.29 is 19.5 Å². The van der Waals surface area contributed by atoms with Gasteiger partial charge >= 0.3 is 0 Å². The molecule has 1 aromatic rings. The lowest BCUT2D eigenvalue weighted by molar-refractivity contribution is -0.139. The highest BCUT2D eigenvalue weighted by Gasteiger charge is 2.75. The van der Waals surface area contributed by atoms with E-state index in [9.17, 15) is 19.5 Å². The highest BCUT2D eigenvalue weighted by atomic mass is 32.2. The van der Waals surface area contributed by atoms with E-state index in [4.69, 9.17) is 0 Å². The summed E-state index contributed by atoms with van der Waals surface area (Å²) in [7, 11) is 0. The van der Waals surface area contributed by atoms with E-state index < -0.39 is 22.6 Å². The Morgan fingerprint density at radius 1 is 1.08 bits per heavy atom. The Bertz CT molecular complexity index is 969. The van der Waals surface area contributed by atoms with Crippen molar-refractivity contribution in [1.29, 1.82) is 0 Å². The molecule has 3 heterocycles. The summed E-state index contributed by atoms with van der Waals surface area (Å²) in [4.78, 5) is 43.4. The highest BCUT2D eigenvalue weighted by molar-refractivity contribution is 8.02. The van der Waals surface area contributed by atoms with E-state index in [1.807, 2.05) is 30.3 Å². The molecule has 7 nitrogen and oxygen atoms in total. The van der Waals surface area contributed by atoms with Crippen molar-refractivity contribution >= 4 is 35.2 Å². The van der Waals surface area contributed by atoms with Crippen LogP contribution in [-0.4, -0.2) is 63.0 Å². The van der Waals surface area contributed by atoms with Crippen LogP contribution in [0.25, 0.3) is 0 Å². The first-order chi connectivity index (χ1) is 17.5. The van der Waals surface area contributed by atoms with Crippen molar-refractivity contribution in [2.24, 2.45) is 17.8 Å². The largest absolute Gasteiger partial charge is 0.396 e. The molecule has 4 fully saturated rings. The summed E-state index contributed by atoms with van der Waals surface area (Å²) in [5.74, 6) is -0.945. The number of carbonyl (C=O) groups is 3. The Kier molecular flexibility index (Phi) is 7.63. The van der Waals surface area contributed by atoms with E-state index in [-0.39, 0.29) is 41.5 Å². The molecule has 3 N–H and O–H groups in total. The number of benzene rings is 1. The van der Waals surface area contributed by atoms with Crippen LogP contribution in [0.15, 0.2) is 30.3 Å². The van der Waals surface area contributed by atoms with Gasteiger partial charge in [-0.1, -0.05) is 44.4 Å². The summed E-state index contributed by atoms with van der Waals surface area (Å²) in [5.41, 5.74) is 0.732. The number of hydrogen-bond acceptors (Lipinski definition) is 5. The number of thioether (sulfide) groups is 1. The maximum atomic E-state index is 14.1. The van der Waals surface area contributed by atoms with Crippen LogP contribution in [0.5, 0.6) is 0 Å². The SMILES string of the molecule is CC1C[C@@H]2SC13C(C(=O)NC1CCCCC1)N(CCCCCO)C(=O)[C@@H]3[C@@H]2C(=O)Nc1ccccc1. The monoisotopic (exact) mass is 513 g/mol. The molecule has 196 valence electrons. The van der Waals surface area contributed by atoms with Gasteiger partial charge in [-0.2, -0.15) is 0 Å². The Hall–Kier alpha value is -2.06. The molecular weight excluding hydrogens is 474 g/mol. The molecule has 3 unspecified atom stereocenters. The molecule has 1 aromatic carbocycles. The maximum absolute atomic E-state index is 14.1. The van der Waals surface area contributed by atoms with E-state index in [0.29, 0.717) is 13.0 Å². The molecule has 4 aliphatic rings. The van der Waals surface area contributed by atoms with E-state index in [0.717, 1.165) is 50.6 Å². The third kappa shape index (κ3) is 4.44. The van der Waals surface area contributed by atoms with Crippen molar-refractivity contribution in [2.75, 3.05) is 18.5 Å². The van der Waals surface area contributed by atoms with Crippen molar-refractivity contribution in [2.45, 2.75) is 86.8 Å². The molecule has 2 bridgehead atoms. The van der Waals surface area contributed by atoms with E-state index >= 15 is 0 Å². The Morgan fingerprint density at radius 3 is 2.56 bits per heavy atom. The molecule has 1 spiro atoms. The van der Waals surface area contributed by atoms with Crippen LogP contribution in [0.2, 0.25) is 0 Å². The predicted octanol–water partition coefficient (Wildman–Crippen LogP) is 3.57. The summed E-state index contributed by atoms with van der Waals surface area (Å²) in [6.07, 6.45) is 8.52. The van der Waals surface area contributed by atoms with Crippen LogP contribution < -0.4 is 10.6 Å². The van der Waals surface area contributed by atoms with Gasteiger partial charge in [0.1, 0.15) is 6.04 Å². The minimum Gasteiger partial charge on any atom is -0.396 e. The number of para-hydroxylation sites is 1. The summed E-state index contributed by atoms with van der Waals surface area (Å²) >= 11 is 1.73. The van der Waals surface area contributed by atoms with Crippen LogP contribution in [0.1, 0.15) is 64.7 Å². The van der Waals surface area contributed by atoms with Crippen LogP contribution in [0.4, 0.5) is 5.69 Å². The van der Waals surface area contributed by atoms with Gasteiger partial charge in [0, 0.05) is 30.1 Å². The second-order valence-corrected chi connectivity index (χ2v) is 12.6. The quantitative estimate of drug-likeness (QED) is 0.439. The average Bonchev–Trinajstić information content (AvgIpc) is 3.47. The van der Waals surface area contributed by atoms with Crippen molar-refractivity contribution in [3.63, 3.8) is 0 Å². The lowest BCUT2D eigenvalue weighted by Gasteiger charge is -2.39. The van der Waals surface area contributed by atoms with E-state index in [1.54, 1.807) is 16.7 Å². The number of hydrogen-bond donors (Lipinski definition) is 3. The standard InChI is InChI=1S/C28H39N3O4S/c1-18-17-21-22(25(33)29-19-11-5-2-6-12-19)23-27(35)31(15-9-4-10-16-32)24(28(18,23)36-21)26(34)30-20-13-7-3-8-14-20/h2,5-6,11-12,18,20-24,32H,3-4,7-10,13-17H2,1H3,(H,29,33)(H,30,34)/t18?,21-,22+,23-,24?,28?/m0/s1. The molecule has 1 saturated carbocycles. The fraction of sp³-hybridized carbons (Fsp3) is 0.679. The van der Waals surface area contributed by atoms with Crippen LogP contribution in [0, 0.1) is 17.8 Å². The summed E-state index contributed by atoms with van der Waals surface area (Å²) in [5, 5.41) is 15.6. The van der Waals surface area contributed by atoms with Gasteiger partial charge < -0.3 is 20.6 Å². The minimum absolute atomic E-state index is 0.0379. The molecule has 3 aliphatic heterocycles. The molecule has 1 aliphatic carbocycles. The first-order valence-corrected chi connectivity index (χ1v) is 14.6. The highest BCUT2D eigenvalue weighted by Crippen LogP contribution is 2.68. The first-order valence-electron chi connectivity index (χ1n) is 13.7. The fourth-order valence-corrected chi connectivity index (χ4v) is 9.63. The maximum Gasteiger partial charge on any atom is 0.244 e. The zero-order valence-corrected chi connectivity index (χ0v) is 22.0. The lowest BCUT2D eigenvalue weighted by atomic mass is 9.65. The van der Waals surface area contributed by atoms with Gasteiger partial charge in [-0.05, 0) is 56.6 Å². The molecule has 3 amide bonds. The molecule has 6 atom stereocenters. The van der Waals surface area contributed by atoms with Crippen molar-refractivity contribution in [3.05, 3.63) is 30.3 Å². The summed E-state index contributed by atoms with van der Waals surface area (Å²) in [6.45, 7) is 2.78. The van der Waals surface area contributed by atoms with E-state index in [2.05, 4.69) is 17.6 Å². The number of carbonyl (C=O) groups excluding carboxylic acids is 3. The van der Waals surface area contributed by atoms with Crippen LogP contribution in [-0.2, 0) is 14.4 Å². The number of fused-ring (bicyclic) bond motifs is 1. The van der Waals surface area contributed by atoms with Gasteiger partial charge in [-0.25, -0.2) is 0 Å². The van der Waals surface area contributed by atoms with Crippen molar-refractivity contribution in [3.8, 4) is 0 Å². The zero-order valence-electron chi connectivity index (χ0n) is 21.2. The van der Waals surface area contributed by atoms with Gasteiger partial charge in [-0.3, -0.25) is 14.4 Å². The molecular formula is C28H39N3O4S. The number of amides is 3. The summed E-state index contributed by atoms with van der Waals surface area (Å²) < 4.78 is -0.573. The Labute approximate surface area is 218 Å². The average molecular weight is 514 g/mol. The number of nitrogens with zero attached hydrogens (tertiary/aromatic N) is 1. The van der Waals surface area contributed by atoms with Gasteiger partial charge in [0.15, 0.2) is 0 Å². The van der Waals surface area contributed by atoms with Crippen LogP contribution >= 0.6 is 11.8 Å². The lowest BCUT2D eigenvalue weighted by Crippen LogP contribution is -2.57. The Balaban J connectivity index is 1.43. The second kappa shape index (κ2) is 10.7. The van der Waals surface area contributed by atoms with E-state index in [1.165, 1.54) is 6.42 Å². The topological polar surface area (TPSA) is 98.7 Å². The number of aliphatic hydroxyl groups excluding tert-OH is 1. The van der Waals surface area contributed by atoms with Crippen molar-refractivity contribution in [1.82, 2.24) is 10.2 Å². The number of likely N-dealkylation sites (tertiary alicyclic amines) is 1. The minimum atomic E-state index is -0.573. The second-order valence-electron chi connectivity index (χ2n) is 11.1. The number of rotatable bonds is 9.